The molecular formula is C15H30N2O2. The monoisotopic (exact) mass is 270 g/mol. The molecule has 112 valence electrons. The maximum absolute atomic E-state index is 12.1. The molecule has 2 atom stereocenters. The summed E-state index contributed by atoms with van der Waals surface area (Å²) in [6.45, 7) is 12.8. The Kier molecular flexibility index (Phi) is 6.80. The molecule has 4 nitrogen and oxygen atoms in total. The SMILES string of the molecule is CCCNC(C)(CCN1CCC(C)C1)C(=O)OCC. The normalized spacial score (nSPS) is 23.3. The minimum absolute atomic E-state index is 0.115. The first-order valence-corrected chi connectivity index (χ1v) is 7.66. The minimum atomic E-state index is -0.544. The van der Waals surface area contributed by atoms with Crippen molar-refractivity contribution in [3.63, 3.8) is 0 Å². The molecule has 0 aromatic heterocycles. The van der Waals surface area contributed by atoms with Crippen LogP contribution in [0.25, 0.3) is 0 Å². The van der Waals surface area contributed by atoms with E-state index in [1.165, 1.54) is 6.42 Å². The van der Waals surface area contributed by atoms with Crippen molar-refractivity contribution in [2.45, 2.75) is 52.5 Å². The molecule has 0 saturated carbocycles. The third kappa shape index (κ3) is 5.11. The molecule has 0 aromatic rings. The second kappa shape index (κ2) is 7.85. The van der Waals surface area contributed by atoms with Crippen molar-refractivity contribution in [3.8, 4) is 0 Å². The maximum atomic E-state index is 12.1. The Labute approximate surface area is 117 Å². The number of hydrogen-bond acceptors (Lipinski definition) is 4. The van der Waals surface area contributed by atoms with Crippen LogP contribution in [-0.4, -0.2) is 49.2 Å². The first kappa shape index (κ1) is 16.4. The Morgan fingerprint density at radius 1 is 1.47 bits per heavy atom. The topological polar surface area (TPSA) is 41.6 Å². The zero-order chi connectivity index (χ0) is 14.3. The van der Waals surface area contributed by atoms with Crippen LogP contribution < -0.4 is 5.32 Å². The molecule has 0 aliphatic carbocycles. The molecule has 1 aliphatic heterocycles. The van der Waals surface area contributed by atoms with Crippen molar-refractivity contribution in [1.82, 2.24) is 10.2 Å². The maximum Gasteiger partial charge on any atom is 0.326 e. The van der Waals surface area contributed by atoms with Crippen LogP contribution in [0.5, 0.6) is 0 Å². The lowest BCUT2D eigenvalue weighted by molar-refractivity contribution is -0.151. The van der Waals surface area contributed by atoms with Crippen LogP contribution in [0.3, 0.4) is 0 Å². The summed E-state index contributed by atoms with van der Waals surface area (Å²) in [7, 11) is 0. The summed E-state index contributed by atoms with van der Waals surface area (Å²) in [5, 5.41) is 3.36. The van der Waals surface area contributed by atoms with Crippen molar-refractivity contribution in [2.75, 3.05) is 32.8 Å². The predicted octanol–water partition coefficient (Wildman–Crippen LogP) is 2.04. The van der Waals surface area contributed by atoms with E-state index in [2.05, 4.69) is 24.1 Å². The number of rotatable bonds is 8. The quantitative estimate of drug-likeness (QED) is 0.685. The summed E-state index contributed by atoms with van der Waals surface area (Å²) in [6.07, 6.45) is 3.12. The smallest absolute Gasteiger partial charge is 0.326 e. The fourth-order valence-corrected chi connectivity index (χ4v) is 2.57. The third-order valence-corrected chi connectivity index (χ3v) is 3.93. The molecule has 1 rings (SSSR count). The van der Waals surface area contributed by atoms with Crippen molar-refractivity contribution in [1.29, 1.82) is 0 Å². The summed E-state index contributed by atoms with van der Waals surface area (Å²) in [5.74, 6) is 0.674. The van der Waals surface area contributed by atoms with E-state index >= 15 is 0 Å². The van der Waals surface area contributed by atoms with Crippen LogP contribution in [0.1, 0.15) is 47.0 Å². The molecule has 4 heteroatoms. The van der Waals surface area contributed by atoms with E-state index in [0.29, 0.717) is 6.61 Å². The fourth-order valence-electron chi connectivity index (χ4n) is 2.57. The highest BCUT2D eigenvalue weighted by molar-refractivity contribution is 5.80. The summed E-state index contributed by atoms with van der Waals surface area (Å²) in [5.41, 5.74) is -0.544. The summed E-state index contributed by atoms with van der Waals surface area (Å²) >= 11 is 0. The van der Waals surface area contributed by atoms with E-state index < -0.39 is 5.54 Å². The fraction of sp³-hybridized carbons (Fsp3) is 0.933. The Morgan fingerprint density at radius 3 is 2.74 bits per heavy atom. The molecule has 1 aliphatic rings. The number of hydrogen-bond donors (Lipinski definition) is 1. The van der Waals surface area contributed by atoms with Gasteiger partial charge in [0, 0.05) is 13.1 Å². The Morgan fingerprint density at radius 2 is 2.21 bits per heavy atom. The highest BCUT2D eigenvalue weighted by Crippen LogP contribution is 2.19. The molecule has 1 N–H and O–H groups in total. The number of carbonyl (C=O) groups is 1. The summed E-state index contributed by atoms with van der Waals surface area (Å²) < 4.78 is 5.22. The molecule has 1 fully saturated rings. The molecule has 0 radical (unpaired) electrons. The highest BCUT2D eigenvalue weighted by atomic mass is 16.5. The van der Waals surface area contributed by atoms with Gasteiger partial charge in [-0.05, 0) is 52.1 Å². The van der Waals surface area contributed by atoms with Gasteiger partial charge in [0.1, 0.15) is 5.54 Å². The lowest BCUT2D eigenvalue weighted by atomic mass is 9.97. The second-order valence-electron chi connectivity index (χ2n) is 5.92. The molecule has 0 spiro atoms. The first-order valence-electron chi connectivity index (χ1n) is 7.66. The van der Waals surface area contributed by atoms with Gasteiger partial charge in [-0.3, -0.25) is 4.79 Å². The van der Waals surface area contributed by atoms with E-state index in [0.717, 1.165) is 44.9 Å². The van der Waals surface area contributed by atoms with E-state index in [4.69, 9.17) is 4.74 Å². The van der Waals surface area contributed by atoms with E-state index in [1.54, 1.807) is 0 Å². The van der Waals surface area contributed by atoms with Crippen LogP contribution in [0.2, 0.25) is 0 Å². The lowest BCUT2D eigenvalue weighted by Gasteiger charge is -2.30. The lowest BCUT2D eigenvalue weighted by Crippen LogP contribution is -2.52. The number of ether oxygens (including phenoxy) is 1. The largest absolute Gasteiger partial charge is 0.465 e. The molecule has 1 heterocycles. The Balaban J connectivity index is 2.50. The average molecular weight is 270 g/mol. The van der Waals surface area contributed by atoms with Crippen LogP contribution >= 0.6 is 0 Å². The van der Waals surface area contributed by atoms with Gasteiger partial charge in [0.25, 0.3) is 0 Å². The van der Waals surface area contributed by atoms with E-state index in [1.807, 2.05) is 13.8 Å². The Bertz CT molecular complexity index is 283. The minimum Gasteiger partial charge on any atom is -0.465 e. The van der Waals surface area contributed by atoms with E-state index in [9.17, 15) is 4.79 Å². The molecule has 19 heavy (non-hydrogen) atoms. The predicted molar refractivity (Wildman–Crippen MR) is 78.2 cm³/mol. The van der Waals surface area contributed by atoms with Crippen LogP contribution in [0.15, 0.2) is 0 Å². The van der Waals surface area contributed by atoms with Crippen LogP contribution in [-0.2, 0) is 9.53 Å². The summed E-state index contributed by atoms with van der Waals surface area (Å²) in [4.78, 5) is 14.6. The molecule has 0 aromatic carbocycles. The van der Waals surface area contributed by atoms with Gasteiger partial charge in [0.2, 0.25) is 0 Å². The van der Waals surface area contributed by atoms with Crippen LogP contribution in [0, 0.1) is 5.92 Å². The third-order valence-electron chi connectivity index (χ3n) is 3.93. The van der Waals surface area contributed by atoms with Gasteiger partial charge >= 0.3 is 5.97 Å². The highest BCUT2D eigenvalue weighted by Gasteiger charge is 2.34. The number of likely N-dealkylation sites (tertiary alicyclic amines) is 1. The molecule has 0 amide bonds. The number of esters is 1. The van der Waals surface area contributed by atoms with Crippen molar-refractivity contribution in [3.05, 3.63) is 0 Å². The standard InChI is InChI=1S/C15H30N2O2/c1-5-9-16-15(4,14(18)19-6-2)8-11-17-10-7-13(3)12-17/h13,16H,5-12H2,1-4H3. The molecule has 0 bridgehead atoms. The first-order chi connectivity index (χ1) is 9.01. The van der Waals surface area contributed by atoms with Gasteiger partial charge in [-0.25, -0.2) is 0 Å². The second-order valence-corrected chi connectivity index (χ2v) is 5.92. The number of nitrogens with one attached hydrogen (secondary N) is 1. The zero-order valence-electron chi connectivity index (χ0n) is 13.0. The summed E-state index contributed by atoms with van der Waals surface area (Å²) in [6, 6.07) is 0. The molecule has 1 saturated heterocycles. The zero-order valence-corrected chi connectivity index (χ0v) is 13.0. The van der Waals surface area contributed by atoms with Gasteiger partial charge < -0.3 is 15.0 Å². The van der Waals surface area contributed by atoms with Crippen LogP contribution in [0.4, 0.5) is 0 Å². The Hall–Kier alpha value is -0.610. The van der Waals surface area contributed by atoms with Gasteiger partial charge in [-0.15, -0.1) is 0 Å². The average Bonchev–Trinajstić information content (AvgIpc) is 2.80. The van der Waals surface area contributed by atoms with Gasteiger partial charge in [0.15, 0.2) is 0 Å². The molecule has 2 unspecified atom stereocenters. The van der Waals surface area contributed by atoms with E-state index in [-0.39, 0.29) is 5.97 Å². The van der Waals surface area contributed by atoms with Gasteiger partial charge in [-0.2, -0.15) is 0 Å². The van der Waals surface area contributed by atoms with Crippen molar-refractivity contribution >= 4 is 5.97 Å². The number of carbonyl (C=O) groups excluding carboxylic acids is 1. The van der Waals surface area contributed by atoms with Crippen molar-refractivity contribution in [2.24, 2.45) is 5.92 Å². The van der Waals surface area contributed by atoms with Gasteiger partial charge in [0.05, 0.1) is 6.61 Å². The van der Waals surface area contributed by atoms with Gasteiger partial charge in [-0.1, -0.05) is 13.8 Å². The molecular weight excluding hydrogens is 240 g/mol. The van der Waals surface area contributed by atoms with Crippen molar-refractivity contribution < 1.29 is 9.53 Å². The number of nitrogens with zero attached hydrogens (tertiary/aromatic N) is 1.